The first-order valence-electron chi connectivity index (χ1n) is 9.67. The molecule has 0 atom stereocenters. The maximum absolute atomic E-state index is 13.5. The van der Waals surface area contributed by atoms with Gasteiger partial charge < -0.3 is 20.1 Å². The van der Waals surface area contributed by atoms with Crippen LogP contribution < -0.4 is 10.6 Å². The second-order valence-electron chi connectivity index (χ2n) is 6.54. The van der Waals surface area contributed by atoms with E-state index in [9.17, 15) is 28.0 Å². The fourth-order valence-electron chi connectivity index (χ4n) is 2.54. The van der Waals surface area contributed by atoms with E-state index < -0.39 is 42.0 Å². The van der Waals surface area contributed by atoms with Gasteiger partial charge >= 0.3 is 11.9 Å². The number of hydrogen-bond donors (Lipinski definition) is 2. The third kappa shape index (κ3) is 7.41. The fourth-order valence-corrected chi connectivity index (χ4v) is 3.52. The number of rotatable bonds is 10. The monoisotopic (exact) mass is 468 g/mol. The number of carbonyl (C=O) groups excluding carboxylic acids is 4. The van der Waals surface area contributed by atoms with Gasteiger partial charge in [-0.1, -0.05) is 0 Å². The maximum Gasteiger partial charge on any atom is 0.348 e. The molecule has 0 aliphatic rings. The topological polar surface area (TPSA) is 111 Å². The molecular formula is C21H22F2N2O6S. The smallest absolute Gasteiger partial charge is 0.348 e. The van der Waals surface area contributed by atoms with Gasteiger partial charge in [-0.3, -0.25) is 14.4 Å². The summed E-state index contributed by atoms with van der Waals surface area (Å²) in [6, 6.07) is 4.21. The summed E-state index contributed by atoms with van der Waals surface area (Å²) in [4.78, 5) is 47.7. The molecular weight excluding hydrogens is 446 g/mol. The number of halogens is 2. The Morgan fingerprint density at radius 3 is 2.53 bits per heavy atom. The molecule has 0 fully saturated rings. The van der Waals surface area contributed by atoms with Crippen LogP contribution in [-0.2, 0) is 19.1 Å². The zero-order chi connectivity index (χ0) is 23.7. The van der Waals surface area contributed by atoms with Crippen LogP contribution in [-0.4, -0.2) is 43.5 Å². The van der Waals surface area contributed by atoms with Gasteiger partial charge in [-0.15, -0.1) is 11.3 Å². The molecule has 11 heteroatoms. The molecule has 0 radical (unpaired) electrons. The van der Waals surface area contributed by atoms with Gasteiger partial charge in [-0.25, -0.2) is 13.6 Å². The number of thiophene rings is 1. The highest BCUT2D eigenvalue weighted by Gasteiger charge is 2.17. The van der Waals surface area contributed by atoms with E-state index in [0.717, 1.165) is 23.5 Å². The lowest BCUT2D eigenvalue weighted by atomic mass is 10.2. The fraction of sp³-hybridized carbons (Fsp3) is 0.333. The molecule has 0 saturated heterocycles. The number of hydrogen-bond acceptors (Lipinski definition) is 7. The molecule has 2 aromatic rings. The Bertz CT molecular complexity index is 1010. The van der Waals surface area contributed by atoms with Crippen molar-refractivity contribution in [3.05, 3.63) is 51.9 Å². The van der Waals surface area contributed by atoms with E-state index in [-0.39, 0.29) is 31.6 Å². The van der Waals surface area contributed by atoms with Gasteiger partial charge in [-0.2, -0.15) is 0 Å². The van der Waals surface area contributed by atoms with E-state index in [1.807, 2.05) is 0 Å². The number of nitrogens with one attached hydrogen (secondary N) is 2. The van der Waals surface area contributed by atoms with E-state index in [1.165, 1.54) is 0 Å². The van der Waals surface area contributed by atoms with Crippen molar-refractivity contribution in [2.24, 2.45) is 0 Å². The Balaban J connectivity index is 1.68. The van der Waals surface area contributed by atoms with Gasteiger partial charge in [0.1, 0.15) is 16.5 Å². The summed E-state index contributed by atoms with van der Waals surface area (Å²) in [5.74, 6) is -4.21. The molecule has 2 amide bonds. The number of benzene rings is 1. The van der Waals surface area contributed by atoms with E-state index in [4.69, 9.17) is 9.47 Å². The van der Waals surface area contributed by atoms with Crippen LogP contribution in [0.2, 0.25) is 0 Å². The molecule has 0 saturated carbocycles. The minimum Gasteiger partial charge on any atom is -0.462 e. The summed E-state index contributed by atoms with van der Waals surface area (Å²) in [6.45, 7) is 3.18. The van der Waals surface area contributed by atoms with Crippen molar-refractivity contribution in [3.8, 4) is 0 Å². The highest BCUT2D eigenvalue weighted by molar-refractivity contribution is 7.18. The molecule has 8 nitrogen and oxygen atoms in total. The van der Waals surface area contributed by atoms with Crippen molar-refractivity contribution < 1.29 is 37.4 Å². The number of carbonyl (C=O) groups is 4. The Kier molecular flexibility index (Phi) is 9.26. The standard InChI is InChI=1S/C21H22F2N2O6S/c1-3-30-21(29)19-12(2)9-17(32-19)25-16(26)11-31-18(27)5-4-8-24-20(28)14-7-6-13(22)10-15(14)23/h6-7,9-10H,3-5,8,11H2,1-2H3,(H,24,28)(H,25,26). The molecule has 0 aliphatic carbocycles. The first-order chi connectivity index (χ1) is 15.2. The summed E-state index contributed by atoms with van der Waals surface area (Å²) in [7, 11) is 0. The van der Waals surface area contributed by atoms with Crippen LogP contribution in [0.5, 0.6) is 0 Å². The third-order valence-corrected chi connectivity index (χ3v) is 5.16. The molecule has 172 valence electrons. The molecule has 32 heavy (non-hydrogen) atoms. The molecule has 1 heterocycles. The number of ether oxygens (including phenoxy) is 2. The van der Waals surface area contributed by atoms with E-state index >= 15 is 0 Å². The van der Waals surface area contributed by atoms with Crippen LogP contribution in [0, 0.1) is 18.6 Å². The van der Waals surface area contributed by atoms with Gasteiger partial charge in [0.2, 0.25) is 0 Å². The molecule has 1 aromatic heterocycles. The van der Waals surface area contributed by atoms with Crippen LogP contribution in [0.25, 0.3) is 0 Å². The summed E-state index contributed by atoms with van der Waals surface area (Å²) < 4.78 is 36.2. The first-order valence-corrected chi connectivity index (χ1v) is 10.5. The lowest BCUT2D eigenvalue weighted by Crippen LogP contribution is -2.26. The minimum absolute atomic E-state index is 0.0576. The number of amides is 2. The second-order valence-corrected chi connectivity index (χ2v) is 7.59. The van der Waals surface area contributed by atoms with Gasteiger partial charge in [-0.05, 0) is 44.0 Å². The van der Waals surface area contributed by atoms with Crippen LogP contribution in [0.1, 0.15) is 45.4 Å². The normalized spacial score (nSPS) is 10.4. The highest BCUT2D eigenvalue weighted by atomic mass is 32.1. The van der Waals surface area contributed by atoms with Gasteiger partial charge in [0.25, 0.3) is 11.8 Å². The Hall–Kier alpha value is -3.34. The molecule has 2 rings (SSSR count). The average Bonchev–Trinajstić information content (AvgIpc) is 3.09. The van der Waals surface area contributed by atoms with Crippen molar-refractivity contribution in [1.29, 1.82) is 0 Å². The van der Waals surface area contributed by atoms with E-state index in [0.29, 0.717) is 21.5 Å². The molecule has 1 aromatic carbocycles. The van der Waals surface area contributed by atoms with E-state index in [2.05, 4.69) is 10.6 Å². The van der Waals surface area contributed by atoms with E-state index in [1.54, 1.807) is 19.9 Å². The zero-order valence-electron chi connectivity index (χ0n) is 17.5. The maximum atomic E-state index is 13.5. The Labute approximate surface area is 186 Å². The highest BCUT2D eigenvalue weighted by Crippen LogP contribution is 2.27. The molecule has 0 aliphatic heterocycles. The lowest BCUT2D eigenvalue weighted by molar-refractivity contribution is -0.147. The minimum atomic E-state index is -0.983. The van der Waals surface area contributed by atoms with Gasteiger partial charge in [0.15, 0.2) is 6.61 Å². The van der Waals surface area contributed by atoms with Crippen LogP contribution in [0.15, 0.2) is 24.3 Å². The van der Waals surface area contributed by atoms with Crippen molar-refractivity contribution in [2.45, 2.75) is 26.7 Å². The summed E-state index contributed by atoms with van der Waals surface area (Å²) in [5, 5.41) is 5.37. The van der Waals surface area contributed by atoms with Crippen LogP contribution >= 0.6 is 11.3 Å². The molecule has 2 N–H and O–H groups in total. The molecule has 0 bridgehead atoms. The van der Waals surface area contributed by atoms with Crippen molar-refractivity contribution in [1.82, 2.24) is 5.32 Å². The number of esters is 2. The summed E-state index contributed by atoms with van der Waals surface area (Å²) in [6.07, 6.45) is 0.118. The summed E-state index contributed by atoms with van der Waals surface area (Å²) >= 11 is 1.05. The lowest BCUT2D eigenvalue weighted by Gasteiger charge is -2.07. The Morgan fingerprint density at radius 1 is 1.09 bits per heavy atom. The van der Waals surface area contributed by atoms with Crippen molar-refractivity contribution >= 4 is 40.1 Å². The molecule has 0 spiro atoms. The number of aryl methyl sites for hydroxylation is 1. The largest absolute Gasteiger partial charge is 0.462 e. The van der Waals surface area contributed by atoms with Crippen molar-refractivity contribution in [3.63, 3.8) is 0 Å². The Morgan fingerprint density at radius 2 is 1.84 bits per heavy atom. The van der Waals surface area contributed by atoms with Crippen LogP contribution in [0.4, 0.5) is 13.8 Å². The predicted octanol–water partition coefficient (Wildman–Crippen LogP) is 3.20. The van der Waals surface area contributed by atoms with Crippen LogP contribution in [0.3, 0.4) is 0 Å². The number of anilines is 1. The second kappa shape index (κ2) is 11.9. The van der Waals surface area contributed by atoms with Gasteiger partial charge in [0, 0.05) is 19.0 Å². The quantitative estimate of drug-likeness (QED) is 0.409. The molecule has 0 unspecified atom stereocenters. The third-order valence-electron chi connectivity index (χ3n) is 4.02. The van der Waals surface area contributed by atoms with Gasteiger partial charge in [0.05, 0.1) is 17.2 Å². The first kappa shape index (κ1) is 24.9. The predicted molar refractivity (Wildman–Crippen MR) is 113 cm³/mol. The average molecular weight is 468 g/mol. The summed E-state index contributed by atoms with van der Waals surface area (Å²) in [5.41, 5.74) is 0.351. The SMILES string of the molecule is CCOC(=O)c1sc(NC(=O)COC(=O)CCCNC(=O)c2ccc(F)cc2F)cc1C. The zero-order valence-corrected chi connectivity index (χ0v) is 18.3. The van der Waals surface area contributed by atoms with Crippen molar-refractivity contribution in [2.75, 3.05) is 25.1 Å².